The average molecular weight is 865 g/mol. The fraction of sp³-hybridized carbons (Fsp3) is 0.200. The second-order valence-corrected chi connectivity index (χ2v) is 15.9. The van der Waals surface area contributed by atoms with Crippen molar-refractivity contribution >= 4 is 0 Å². The van der Waals surface area contributed by atoms with Gasteiger partial charge in [-0.15, -0.1) is 0 Å². The van der Waals surface area contributed by atoms with Crippen LogP contribution in [0.25, 0.3) is 0 Å². The summed E-state index contributed by atoms with van der Waals surface area (Å²) in [7, 11) is 0. The zero-order valence-corrected chi connectivity index (χ0v) is 32.1. The molecule has 6 aromatic rings. The monoisotopic (exact) mass is 864 g/mol. The van der Waals surface area contributed by atoms with Crippen molar-refractivity contribution in [2.24, 2.45) is 0 Å². The number of phenols is 11. The molecule has 0 aliphatic carbocycles. The van der Waals surface area contributed by atoms with Crippen molar-refractivity contribution in [2.45, 2.75) is 54.6 Å². The van der Waals surface area contributed by atoms with E-state index in [0.29, 0.717) is 0 Å². The van der Waals surface area contributed by atoms with Crippen molar-refractivity contribution < 1.29 is 90.4 Å². The number of aromatic hydroxyl groups is 11. The lowest BCUT2D eigenvalue weighted by molar-refractivity contribution is -0.219. The number of phenolic OH excluding ortho intramolecular Hbond substituents is 11. The van der Waals surface area contributed by atoms with Crippen LogP contribution in [0.1, 0.15) is 68.6 Å². The average Bonchev–Trinajstić information content (AvgIpc) is 3.22. The predicted molar refractivity (Wildman–Crippen MR) is 212 cm³/mol. The Balaban J connectivity index is 1.25. The van der Waals surface area contributed by atoms with Crippen molar-refractivity contribution in [1.82, 2.24) is 0 Å². The summed E-state index contributed by atoms with van der Waals surface area (Å²) < 4.78 is 25.6. The van der Waals surface area contributed by atoms with E-state index in [2.05, 4.69) is 0 Å². The maximum Gasteiger partial charge on any atom is 0.305 e. The largest absolute Gasteiger partial charge is 0.508 e. The minimum absolute atomic E-state index is 0.0325. The first-order chi connectivity index (χ1) is 30.0. The van der Waals surface area contributed by atoms with Crippen LogP contribution in [-0.4, -0.2) is 89.8 Å². The van der Waals surface area contributed by atoms with Gasteiger partial charge in [0, 0.05) is 64.1 Å². The van der Waals surface area contributed by atoms with Gasteiger partial charge < -0.3 is 90.4 Å². The summed E-state index contributed by atoms with van der Waals surface area (Å²) in [6.45, 7) is 0. The molecule has 4 aliphatic rings. The van der Waals surface area contributed by atoms with Crippen molar-refractivity contribution in [3.8, 4) is 86.2 Å². The first-order valence-electron chi connectivity index (χ1n) is 19.3. The molecule has 0 aromatic heterocycles. The lowest BCUT2D eigenvalue weighted by Gasteiger charge is -2.51. The van der Waals surface area contributed by atoms with Crippen LogP contribution in [-0.2, 0) is 12.2 Å². The van der Waals surface area contributed by atoms with Gasteiger partial charge in [-0.2, -0.15) is 0 Å². The van der Waals surface area contributed by atoms with E-state index in [1.54, 1.807) is 0 Å². The maximum atomic E-state index is 12.5. The number of fused-ring (bicyclic) bond motifs is 9. The molecule has 14 N–H and O–H groups in total. The Morgan fingerprint density at radius 3 is 1.62 bits per heavy atom. The van der Waals surface area contributed by atoms with Gasteiger partial charge >= 0.3 is 5.79 Å². The number of hydrogen-bond donors (Lipinski definition) is 14. The molecule has 2 bridgehead atoms. The quantitative estimate of drug-likeness (QED) is 0.110. The van der Waals surface area contributed by atoms with Gasteiger partial charge in [0.05, 0.1) is 17.9 Å². The molecule has 0 unspecified atom stereocenters. The Hall–Kier alpha value is -7.80. The van der Waals surface area contributed by atoms with Crippen LogP contribution in [0.15, 0.2) is 78.9 Å². The van der Waals surface area contributed by atoms with E-state index >= 15 is 0 Å². The molecule has 0 saturated carbocycles. The van der Waals surface area contributed by atoms with Crippen molar-refractivity contribution in [3.63, 3.8) is 0 Å². The van der Waals surface area contributed by atoms with Crippen LogP contribution in [0, 0.1) is 0 Å². The summed E-state index contributed by atoms with van der Waals surface area (Å²) in [4.78, 5) is 0. The highest BCUT2D eigenvalue weighted by atomic mass is 16.7. The van der Waals surface area contributed by atoms with E-state index in [1.807, 2.05) is 0 Å². The van der Waals surface area contributed by atoms with Crippen LogP contribution in [0.2, 0.25) is 0 Å². The van der Waals surface area contributed by atoms with Crippen molar-refractivity contribution in [3.05, 3.63) is 123 Å². The van der Waals surface area contributed by atoms with E-state index in [1.165, 1.54) is 18.2 Å². The molecule has 4 aliphatic heterocycles. The molecule has 4 heterocycles. The second-order valence-electron chi connectivity index (χ2n) is 15.9. The van der Waals surface area contributed by atoms with Crippen LogP contribution in [0.3, 0.4) is 0 Å². The lowest BCUT2D eigenvalue weighted by atomic mass is 9.71. The summed E-state index contributed by atoms with van der Waals surface area (Å²) in [5, 5.41) is 155. The number of benzene rings is 6. The molecule has 0 fully saturated rings. The highest BCUT2D eigenvalue weighted by molar-refractivity contribution is 5.72. The van der Waals surface area contributed by atoms with Crippen LogP contribution in [0.4, 0.5) is 0 Å². The summed E-state index contributed by atoms with van der Waals surface area (Å²) in [5.74, 6) is -12.6. The van der Waals surface area contributed by atoms with E-state index < -0.39 is 111 Å². The molecule has 0 spiro atoms. The Bertz CT molecular complexity index is 2910. The van der Waals surface area contributed by atoms with Gasteiger partial charge in [0.1, 0.15) is 70.1 Å². The van der Waals surface area contributed by atoms with Gasteiger partial charge in [0.2, 0.25) is 0 Å². The lowest BCUT2D eigenvalue weighted by Crippen LogP contribution is -2.57. The summed E-state index contributed by atoms with van der Waals surface area (Å²) in [6, 6.07) is 14.8. The Morgan fingerprint density at radius 1 is 0.444 bits per heavy atom. The van der Waals surface area contributed by atoms with E-state index in [9.17, 15) is 71.5 Å². The number of aliphatic hydroxyl groups excluding tert-OH is 3. The van der Waals surface area contributed by atoms with E-state index in [4.69, 9.17) is 18.9 Å². The Morgan fingerprint density at radius 2 is 0.984 bits per heavy atom. The number of aliphatic hydroxyl groups is 3. The number of hydrogen-bond acceptors (Lipinski definition) is 18. The number of rotatable bonds is 4. The summed E-state index contributed by atoms with van der Waals surface area (Å²) in [5.41, 5.74) is -0.583. The molecule has 18 nitrogen and oxygen atoms in total. The molecule has 63 heavy (non-hydrogen) atoms. The Labute approximate surface area is 354 Å². The molecule has 0 radical (unpaired) electrons. The highest BCUT2D eigenvalue weighted by Gasteiger charge is 2.61. The maximum absolute atomic E-state index is 12.5. The molecule has 324 valence electrons. The predicted octanol–water partition coefficient (Wildman–Crippen LogP) is 4.24. The SMILES string of the molecule is Oc1cc(O)c2c(c1)O[C@]1(c3ccc(O)c(O)c3)Oc3cc(O)c4c(c3[C@H]2[C@H]1O)O[C@H](c1ccc(O)c(O)c1)[C@H](O)[C@H]4c1c(O)cc(O)c2c1O[C@H](c1ccc(O)c(O)c1)[C@H](O)C2. The van der Waals surface area contributed by atoms with Crippen molar-refractivity contribution in [1.29, 1.82) is 0 Å². The van der Waals surface area contributed by atoms with E-state index in [-0.39, 0.29) is 73.9 Å². The minimum atomic E-state index is -2.31. The molecule has 6 aromatic carbocycles. The van der Waals surface area contributed by atoms with Gasteiger partial charge in [-0.25, -0.2) is 0 Å². The number of ether oxygens (including phenoxy) is 4. The zero-order valence-electron chi connectivity index (χ0n) is 32.1. The first kappa shape index (κ1) is 39.3. The van der Waals surface area contributed by atoms with E-state index in [0.717, 1.165) is 60.7 Å². The fourth-order valence-corrected chi connectivity index (χ4v) is 9.32. The zero-order chi connectivity index (χ0) is 44.5. The Kier molecular flexibility index (Phi) is 8.49. The van der Waals surface area contributed by atoms with Gasteiger partial charge in [-0.3, -0.25) is 0 Å². The van der Waals surface area contributed by atoms with Crippen LogP contribution < -0.4 is 18.9 Å². The van der Waals surface area contributed by atoms with Gasteiger partial charge in [0.15, 0.2) is 40.6 Å². The summed E-state index contributed by atoms with van der Waals surface area (Å²) in [6.07, 6.45) is -8.29. The second kappa shape index (κ2) is 13.6. The smallest absolute Gasteiger partial charge is 0.305 e. The van der Waals surface area contributed by atoms with Crippen LogP contribution in [0.5, 0.6) is 86.2 Å². The first-order valence-corrected chi connectivity index (χ1v) is 19.3. The highest BCUT2D eigenvalue weighted by Crippen LogP contribution is 2.65. The summed E-state index contributed by atoms with van der Waals surface area (Å²) >= 11 is 0. The molecular weight excluding hydrogens is 828 g/mol. The molecular formula is C45H36O18. The molecule has 8 atom stereocenters. The van der Waals surface area contributed by atoms with Gasteiger partial charge in [-0.05, 0) is 53.6 Å². The third-order valence-electron chi connectivity index (χ3n) is 12.2. The van der Waals surface area contributed by atoms with Crippen LogP contribution >= 0.6 is 0 Å². The van der Waals surface area contributed by atoms with Gasteiger partial charge in [-0.1, -0.05) is 12.1 Å². The normalized spacial score (nSPS) is 25.2. The topological polar surface area (TPSA) is 320 Å². The molecule has 0 amide bonds. The van der Waals surface area contributed by atoms with Crippen molar-refractivity contribution in [2.75, 3.05) is 0 Å². The molecule has 10 rings (SSSR count). The third-order valence-corrected chi connectivity index (χ3v) is 12.2. The molecule has 0 saturated heterocycles. The third kappa shape index (κ3) is 5.68. The molecule has 18 heteroatoms. The minimum Gasteiger partial charge on any atom is -0.508 e. The standard InChI is InChI=1S/C45H36O18/c46-18-10-27(54)33-31(11-18)62-45(17-3-6-22(49)26(53)9-17)44(59)38(33)36-32(63-45)14-29(56)35-37(39(58)41(61-43(35)36)16-2-5-21(48)25(52)8-16)34-28(55)13-23(50)19-12-30(57)40(60-42(19)34)15-1-4-20(47)24(51)7-15/h1-11,13-14,30,37-41,44,46-59H,12H2/t30-,37+,38+,39-,40-,41-,44-,45-/m1/s1. The fourth-order valence-electron chi connectivity index (χ4n) is 9.32. The van der Waals surface area contributed by atoms with Gasteiger partial charge in [0.25, 0.3) is 0 Å².